The molecular formula is C22H27N3O8S. The van der Waals surface area contributed by atoms with Gasteiger partial charge in [0, 0.05) is 25.7 Å². The Morgan fingerprint density at radius 2 is 1.74 bits per heavy atom. The topological polar surface area (TPSA) is 137 Å². The number of hydrogen-bond acceptors (Lipinski definition) is 8. The summed E-state index contributed by atoms with van der Waals surface area (Å²) in [6.07, 6.45) is 2.03. The van der Waals surface area contributed by atoms with Crippen LogP contribution in [0.2, 0.25) is 0 Å². The summed E-state index contributed by atoms with van der Waals surface area (Å²) in [5, 5.41) is 14.2. The number of ether oxygens (including phenoxy) is 3. The van der Waals surface area contributed by atoms with Gasteiger partial charge in [0.1, 0.15) is 0 Å². The number of rotatable bonds is 11. The van der Waals surface area contributed by atoms with Crippen molar-refractivity contribution in [3.8, 4) is 17.2 Å². The molecule has 0 spiro atoms. The highest BCUT2D eigenvalue weighted by Gasteiger charge is 2.30. The summed E-state index contributed by atoms with van der Waals surface area (Å²) < 4.78 is 42.4. The molecule has 0 aromatic heterocycles. The van der Waals surface area contributed by atoms with Crippen LogP contribution in [0.3, 0.4) is 0 Å². The number of benzene rings is 2. The second-order valence-electron chi connectivity index (χ2n) is 7.58. The van der Waals surface area contributed by atoms with E-state index in [1.54, 1.807) is 13.2 Å². The largest absolute Gasteiger partial charge is 0.493 e. The van der Waals surface area contributed by atoms with Crippen molar-refractivity contribution in [2.75, 3.05) is 40.5 Å². The summed E-state index contributed by atoms with van der Waals surface area (Å²) in [6.45, 7) is 0.632. The van der Waals surface area contributed by atoms with Crippen molar-refractivity contribution >= 4 is 21.6 Å². The Hall–Kier alpha value is -3.38. The van der Waals surface area contributed by atoms with Gasteiger partial charge in [-0.1, -0.05) is 6.07 Å². The average Bonchev–Trinajstić information content (AvgIpc) is 3.38. The molecule has 2 aromatic rings. The molecule has 12 heteroatoms. The maximum Gasteiger partial charge on any atom is 0.312 e. The fourth-order valence-electron chi connectivity index (χ4n) is 3.58. The number of carbonyl (C=O) groups is 1. The molecular weight excluding hydrogens is 466 g/mol. The van der Waals surface area contributed by atoms with E-state index < -0.39 is 33.1 Å². The second kappa shape index (κ2) is 11.2. The molecule has 1 amide bonds. The van der Waals surface area contributed by atoms with E-state index in [0.29, 0.717) is 37.6 Å². The van der Waals surface area contributed by atoms with Crippen LogP contribution in [0.5, 0.6) is 17.2 Å². The van der Waals surface area contributed by atoms with Crippen LogP contribution < -0.4 is 19.5 Å². The lowest BCUT2D eigenvalue weighted by molar-refractivity contribution is -0.386. The first-order valence-corrected chi connectivity index (χ1v) is 12.1. The molecule has 0 saturated carbocycles. The molecule has 2 aromatic carbocycles. The molecule has 1 fully saturated rings. The number of methoxy groups -OCH3 is 2. The van der Waals surface area contributed by atoms with Gasteiger partial charge in [-0.05, 0) is 49.1 Å². The molecule has 1 N–H and O–H groups in total. The van der Waals surface area contributed by atoms with Gasteiger partial charge in [-0.15, -0.1) is 0 Å². The first-order chi connectivity index (χ1) is 16.3. The summed E-state index contributed by atoms with van der Waals surface area (Å²) in [5.41, 5.74) is 0.405. The van der Waals surface area contributed by atoms with Crippen LogP contribution in [0.4, 0.5) is 5.69 Å². The lowest BCUT2D eigenvalue weighted by Gasteiger charge is -2.16. The predicted octanol–water partition coefficient (Wildman–Crippen LogP) is 2.13. The molecule has 0 aliphatic carbocycles. The molecule has 0 atom stereocenters. The van der Waals surface area contributed by atoms with Gasteiger partial charge < -0.3 is 19.5 Å². The Kier molecular flexibility index (Phi) is 8.29. The molecule has 0 unspecified atom stereocenters. The number of sulfonamides is 1. The Labute approximate surface area is 197 Å². The molecule has 0 radical (unpaired) electrons. The molecule has 34 heavy (non-hydrogen) atoms. The molecule has 0 bridgehead atoms. The Balaban J connectivity index is 1.58. The third-order valence-corrected chi connectivity index (χ3v) is 7.27. The zero-order valence-corrected chi connectivity index (χ0v) is 19.8. The smallest absolute Gasteiger partial charge is 0.312 e. The maximum atomic E-state index is 12.7. The van der Waals surface area contributed by atoms with Crippen molar-refractivity contribution in [3.05, 3.63) is 52.1 Å². The number of nitrogens with one attached hydrogen (secondary N) is 1. The van der Waals surface area contributed by atoms with Crippen LogP contribution in [0, 0.1) is 10.1 Å². The van der Waals surface area contributed by atoms with Crippen LogP contribution >= 0.6 is 0 Å². The van der Waals surface area contributed by atoms with Crippen LogP contribution in [0.1, 0.15) is 18.4 Å². The molecule has 11 nitrogen and oxygen atoms in total. The van der Waals surface area contributed by atoms with Gasteiger partial charge in [-0.25, -0.2) is 8.42 Å². The SMILES string of the molecule is COc1ccc(CCNC(=O)COc2ccc(S(=O)(=O)N3CCCC3)cc2[N+](=O)[O-])cc1OC. The number of nitro benzene ring substituents is 1. The Morgan fingerprint density at radius 3 is 2.38 bits per heavy atom. The third kappa shape index (κ3) is 5.94. The van der Waals surface area contributed by atoms with E-state index in [2.05, 4.69) is 5.32 Å². The number of nitrogens with zero attached hydrogens (tertiary/aromatic N) is 2. The lowest BCUT2D eigenvalue weighted by atomic mass is 10.1. The van der Waals surface area contributed by atoms with E-state index in [4.69, 9.17) is 14.2 Å². The molecule has 1 heterocycles. The molecule has 1 aliphatic heterocycles. The standard InChI is InChI=1S/C22H27N3O8S/c1-31-20-7-5-16(13-21(20)32-2)9-10-23-22(26)15-33-19-8-6-17(14-18(19)25(27)28)34(29,30)24-11-3-4-12-24/h5-8,13-14H,3-4,9-12,15H2,1-2H3,(H,23,26). The molecule has 3 rings (SSSR count). The van der Waals surface area contributed by atoms with Crippen molar-refractivity contribution in [2.45, 2.75) is 24.2 Å². The minimum absolute atomic E-state index is 0.173. The van der Waals surface area contributed by atoms with Gasteiger partial charge in [-0.2, -0.15) is 4.31 Å². The van der Waals surface area contributed by atoms with Crippen molar-refractivity contribution < 1.29 is 32.3 Å². The highest BCUT2D eigenvalue weighted by Crippen LogP contribution is 2.32. The van der Waals surface area contributed by atoms with E-state index in [0.717, 1.165) is 24.5 Å². The van der Waals surface area contributed by atoms with Gasteiger partial charge in [0.2, 0.25) is 10.0 Å². The fourth-order valence-corrected chi connectivity index (χ4v) is 5.11. The minimum atomic E-state index is -3.81. The fraction of sp³-hybridized carbons (Fsp3) is 0.409. The van der Waals surface area contributed by atoms with Gasteiger partial charge >= 0.3 is 5.69 Å². The number of nitro groups is 1. The number of amides is 1. The zero-order valence-electron chi connectivity index (χ0n) is 19.0. The number of hydrogen-bond donors (Lipinski definition) is 1. The molecule has 1 aliphatic rings. The summed E-state index contributed by atoms with van der Waals surface area (Å²) in [6, 6.07) is 8.86. The number of carbonyl (C=O) groups excluding carboxylic acids is 1. The first kappa shape index (κ1) is 25.2. The van der Waals surface area contributed by atoms with E-state index in [9.17, 15) is 23.3 Å². The van der Waals surface area contributed by atoms with Crippen molar-refractivity contribution in [3.63, 3.8) is 0 Å². The van der Waals surface area contributed by atoms with Gasteiger partial charge in [0.25, 0.3) is 5.91 Å². The second-order valence-corrected chi connectivity index (χ2v) is 9.51. The van der Waals surface area contributed by atoms with Crippen LogP contribution in [0.15, 0.2) is 41.3 Å². The van der Waals surface area contributed by atoms with E-state index in [1.165, 1.54) is 23.5 Å². The van der Waals surface area contributed by atoms with Gasteiger partial charge in [-0.3, -0.25) is 14.9 Å². The maximum absolute atomic E-state index is 12.7. The van der Waals surface area contributed by atoms with Gasteiger partial charge in [0.15, 0.2) is 23.9 Å². The predicted molar refractivity (Wildman–Crippen MR) is 123 cm³/mol. The van der Waals surface area contributed by atoms with Crippen molar-refractivity contribution in [1.82, 2.24) is 9.62 Å². The Morgan fingerprint density at radius 1 is 1.06 bits per heavy atom. The van der Waals surface area contributed by atoms with Crippen LogP contribution in [0.25, 0.3) is 0 Å². The quantitative estimate of drug-likeness (QED) is 0.371. The van der Waals surface area contributed by atoms with E-state index in [-0.39, 0.29) is 10.6 Å². The van der Waals surface area contributed by atoms with E-state index in [1.807, 2.05) is 12.1 Å². The lowest BCUT2D eigenvalue weighted by Crippen LogP contribution is -2.30. The molecule has 1 saturated heterocycles. The first-order valence-electron chi connectivity index (χ1n) is 10.6. The van der Waals surface area contributed by atoms with Crippen molar-refractivity contribution in [1.29, 1.82) is 0 Å². The minimum Gasteiger partial charge on any atom is -0.493 e. The van der Waals surface area contributed by atoms with E-state index >= 15 is 0 Å². The highest BCUT2D eigenvalue weighted by molar-refractivity contribution is 7.89. The summed E-state index contributed by atoms with van der Waals surface area (Å²) in [4.78, 5) is 22.7. The molecule has 184 valence electrons. The summed E-state index contributed by atoms with van der Waals surface area (Å²) in [5.74, 6) is 0.533. The Bertz CT molecular complexity index is 1150. The summed E-state index contributed by atoms with van der Waals surface area (Å²) >= 11 is 0. The van der Waals surface area contributed by atoms with Crippen LogP contribution in [-0.4, -0.2) is 64.0 Å². The normalized spacial score (nSPS) is 13.9. The highest BCUT2D eigenvalue weighted by atomic mass is 32.2. The van der Waals surface area contributed by atoms with Crippen LogP contribution in [-0.2, 0) is 21.2 Å². The van der Waals surface area contributed by atoms with Gasteiger partial charge in [0.05, 0.1) is 24.0 Å². The average molecular weight is 494 g/mol. The summed E-state index contributed by atoms with van der Waals surface area (Å²) in [7, 11) is -0.734. The monoisotopic (exact) mass is 493 g/mol. The third-order valence-electron chi connectivity index (χ3n) is 5.37. The zero-order chi connectivity index (χ0) is 24.7. The van der Waals surface area contributed by atoms with Crippen molar-refractivity contribution in [2.24, 2.45) is 0 Å².